The van der Waals surface area contributed by atoms with Gasteiger partial charge in [0.2, 0.25) is 0 Å². The number of ketones is 1. The minimum absolute atomic E-state index is 0. The summed E-state index contributed by atoms with van der Waals surface area (Å²) in [6.45, 7) is 3.47. The second kappa shape index (κ2) is 11.1. The number of amides is 1. The number of benzene rings is 2. The van der Waals surface area contributed by atoms with Crippen molar-refractivity contribution in [3.8, 4) is 5.75 Å². The molecular weight excluding hydrogens is 512 g/mol. The van der Waals surface area contributed by atoms with E-state index >= 15 is 0 Å². The predicted octanol–water partition coefficient (Wildman–Crippen LogP) is 2.04. The van der Waals surface area contributed by atoms with E-state index in [4.69, 9.17) is 10.5 Å². The molecule has 1 aliphatic heterocycles. The number of primary amides is 1. The molecule has 1 aliphatic carbocycles. The van der Waals surface area contributed by atoms with Gasteiger partial charge >= 0.3 is 29.6 Å². The number of anilines is 1. The van der Waals surface area contributed by atoms with Crippen LogP contribution in [0.3, 0.4) is 0 Å². The van der Waals surface area contributed by atoms with Crippen LogP contribution in [0.2, 0.25) is 0 Å². The first-order chi connectivity index (χ1) is 17.0. The summed E-state index contributed by atoms with van der Waals surface area (Å²) in [7, 11) is -3.84. The molecule has 194 valence electrons. The second-order valence-electron chi connectivity index (χ2n) is 8.82. The zero-order chi connectivity index (χ0) is 26.3. The van der Waals surface area contributed by atoms with Crippen LogP contribution in [0.4, 0.5) is 10.1 Å². The summed E-state index contributed by atoms with van der Waals surface area (Å²) in [5.74, 6) is -2.24. The summed E-state index contributed by atoms with van der Waals surface area (Å²) in [5, 5.41) is 14.1. The van der Waals surface area contributed by atoms with Gasteiger partial charge in [-0.15, -0.1) is 4.40 Å². The number of aliphatic hydroxyl groups excluding tert-OH is 1. The molecule has 6 N–H and O–H groups in total. The van der Waals surface area contributed by atoms with Crippen LogP contribution in [0.15, 0.2) is 51.3 Å². The van der Waals surface area contributed by atoms with Gasteiger partial charge in [-0.05, 0) is 42.7 Å². The minimum Gasteiger partial charge on any atom is -1.00 e. The number of aliphatic hydroxyl groups is 1. The molecule has 0 atom stereocenters. The molecule has 12 heteroatoms. The van der Waals surface area contributed by atoms with Gasteiger partial charge in [0.05, 0.1) is 11.1 Å². The van der Waals surface area contributed by atoms with Crippen LogP contribution in [0, 0.1) is 5.82 Å². The molecular formula is C25H29FN3NaO6S. The molecule has 37 heavy (non-hydrogen) atoms. The number of carbonyl (C=O) groups excluding carboxylic acids is 2. The van der Waals surface area contributed by atoms with Crippen molar-refractivity contribution in [1.29, 1.82) is 0 Å². The summed E-state index contributed by atoms with van der Waals surface area (Å²) in [6, 6.07) is 8.24. The van der Waals surface area contributed by atoms with Crippen molar-refractivity contribution >= 4 is 39.7 Å². The van der Waals surface area contributed by atoms with E-state index in [0.29, 0.717) is 31.2 Å². The Balaban J connectivity index is 0.00000253. The van der Waals surface area contributed by atoms with Crippen molar-refractivity contribution in [2.24, 2.45) is 10.1 Å². The van der Waals surface area contributed by atoms with E-state index in [1.165, 1.54) is 36.4 Å². The largest absolute Gasteiger partial charge is 1.00 e. The molecule has 1 heterocycles. The second-order valence-corrected chi connectivity index (χ2v) is 10.5. The van der Waals surface area contributed by atoms with Crippen LogP contribution in [0.25, 0.3) is 5.76 Å². The quantitative estimate of drug-likeness (QED) is 0.321. The van der Waals surface area contributed by atoms with E-state index in [-0.39, 0.29) is 64.3 Å². The molecule has 1 amide bonds. The van der Waals surface area contributed by atoms with Gasteiger partial charge in [0, 0.05) is 11.6 Å². The fraction of sp³-hybridized carbons (Fsp3) is 0.320. The molecule has 2 aliphatic rings. The average Bonchev–Trinajstić information content (AvgIpc) is 2.81. The smallest absolute Gasteiger partial charge is 1.00 e. The molecule has 0 aromatic heterocycles. The van der Waals surface area contributed by atoms with Crippen LogP contribution in [0.1, 0.15) is 52.1 Å². The molecule has 0 bridgehead atoms. The zero-order valence-corrected chi connectivity index (χ0v) is 23.7. The average molecular weight is 542 g/mol. The van der Waals surface area contributed by atoms with Gasteiger partial charge < -0.3 is 22.3 Å². The summed E-state index contributed by atoms with van der Waals surface area (Å²) in [5.41, 5.74) is 4.77. The number of nitrogens with two attached hydrogens (primary N) is 1. The Morgan fingerprint density at radius 2 is 1.86 bits per heavy atom. The van der Waals surface area contributed by atoms with Crippen LogP contribution < -0.4 is 45.3 Å². The first kappa shape index (κ1) is 29.2. The number of halogens is 1. The zero-order valence-electron chi connectivity index (χ0n) is 21.9. The number of rotatable bonds is 8. The molecule has 2 aromatic rings. The van der Waals surface area contributed by atoms with E-state index in [1.54, 1.807) is 0 Å². The maximum absolute atomic E-state index is 14.2. The van der Waals surface area contributed by atoms with Crippen LogP contribution in [0.5, 0.6) is 5.75 Å². The third-order valence-corrected chi connectivity index (χ3v) is 7.71. The molecule has 2 aromatic carbocycles. The summed E-state index contributed by atoms with van der Waals surface area (Å²) < 4.78 is 45.2. The van der Waals surface area contributed by atoms with E-state index in [0.717, 1.165) is 0 Å². The number of fused-ring (bicyclic) bond motifs is 2. The number of Topliss-reactive ketones (excluding diaryl/α,β-unsaturated/α-hetero) is 1. The van der Waals surface area contributed by atoms with Crippen LogP contribution >= 0.6 is 10.8 Å². The Morgan fingerprint density at radius 3 is 2.49 bits per heavy atom. The maximum Gasteiger partial charge on any atom is 1.00 e. The fourth-order valence-electron chi connectivity index (χ4n) is 4.94. The summed E-state index contributed by atoms with van der Waals surface area (Å²) in [6.07, 6.45) is 2.22. The van der Waals surface area contributed by atoms with Crippen molar-refractivity contribution in [3.05, 3.63) is 58.9 Å². The summed E-state index contributed by atoms with van der Waals surface area (Å²) in [4.78, 5) is 25.1. The van der Waals surface area contributed by atoms with Crippen molar-refractivity contribution in [1.82, 2.24) is 0 Å². The molecule has 4 rings (SSSR count). The minimum atomic E-state index is -3.84. The normalized spacial score (nSPS) is 18.0. The fourth-order valence-corrected chi connectivity index (χ4v) is 6.12. The Hall–Kier alpha value is -2.41. The van der Waals surface area contributed by atoms with Crippen molar-refractivity contribution in [2.45, 2.75) is 49.8 Å². The van der Waals surface area contributed by atoms with Gasteiger partial charge in [0.15, 0.2) is 18.2 Å². The number of amidine groups is 1. The summed E-state index contributed by atoms with van der Waals surface area (Å²) >= 11 is 0. The SMILES string of the molecule is CCCC1(CCC)C(=O)C(C2=NS(O)(O)c3cc(OCC(N)=O)ccc3N2)=C(O)c2cc(F)ccc21.[H-].[Na+]. The van der Waals surface area contributed by atoms with Crippen LogP contribution in [-0.2, 0) is 15.0 Å². The number of carbonyl (C=O) groups is 2. The van der Waals surface area contributed by atoms with Crippen molar-refractivity contribution in [2.75, 3.05) is 11.9 Å². The monoisotopic (exact) mass is 541 g/mol. The van der Waals surface area contributed by atoms with Gasteiger partial charge in [-0.25, -0.2) is 4.39 Å². The van der Waals surface area contributed by atoms with Gasteiger partial charge in [-0.3, -0.25) is 18.7 Å². The topological polar surface area (TPSA) is 154 Å². The molecule has 0 fully saturated rings. The van der Waals surface area contributed by atoms with Gasteiger partial charge in [0.25, 0.3) is 5.91 Å². The van der Waals surface area contributed by atoms with Gasteiger partial charge in [-0.1, -0.05) is 43.5 Å². The first-order valence-electron chi connectivity index (χ1n) is 11.5. The van der Waals surface area contributed by atoms with E-state index in [1.807, 2.05) is 13.8 Å². The van der Waals surface area contributed by atoms with Crippen LogP contribution in [-0.4, -0.2) is 38.3 Å². The molecule has 0 spiro atoms. The number of nitrogens with one attached hydrogen (secondary N) is 1. The molecule has 0 unspecified atom stereocenters. The van der Waals surface area contributed by atoms with E-state index < -0.39 is 46.1 Å². The first-order valence-corrected chi connectivity index (χ1v) is 13.0. The molecule has 9 nitrogen and oxygen atoms in total. The van der Waals surface area contributed by atoms with E-state index in [9.17, 15) is 28.2 Å². The predicted molar refractivity (Wildman–Crippen MR) is 137 cm³/mol. The third-order valence-electron chi connectivity index (χ3n) is 6.34. The van der Waals surface area contributed by atoms with Gasteiger partial charge in [-0.2, -0.15) is 0 Å². The Kier molecular flexibility index (Phi) is 8.78. The number of hydrogen-bond acceptors (Lipinski definition) is 8. The Bertz CT molecular complexity index is 1310. The number of nitrogens with zero attached hydrogens (tertiary/aromatic N) is 1. The third kappa shape index (κ3) is 5.29. The Labute approximate surface area is 239 Å². The van der Waals surface area contributed by atoms with E-state index in [2.05, 4.69) is 9.71 Å². The van der Waals surface area contributed by atoms with Crippen molar-refractivity contribution < 1.29 is 63.9 Å². The molecule has 0 radical (unpaired) electrons. The molecule has 0 saturated heterocycles. The Morgan fingerprint density at radius 1 is 1.19 bits per heavy atom. The standard InChI is InChI=1S/C25H28FN3O6S.Na.H/c1-3-9-25(10-4-2)17-7-5-14(26)11-16(17)22(31)21(23(25)32)24-28-18-8-6-15(35-13-20(27)30)12-19(18)36(33,34)29-24;;/h5-8,11-12,31,33-34H,3-4,9-10,13H2,1-2H3,(H2,27,30)(H,28,29);;/q;+1;-1. The number of ether oxygens (including phenoxy) is 1. The molecule has 0 saturated carbocycles. The number of hydrogen-bond donors (Lipinski definition) is 5. The maximum atomic E-state index is 14.2. The van der Waals surface area contributed by atoms with Crippen molar-refractivity contribution in [3.63, 3.8) is 0 Å². The van der Waals surface area contributed by atoms with Gasteiger partial charge in [0.1, 0.15) is 27.8 Å².